The van der Waals surface area contributed by atoms with E-state index in [0.717, 1.165) is 16.9 Å². The van der Waals surface area contributed by atoms with Crippen LogP contribution in [0.3, 0.4) is 0 Å². The molecule has 2 aliphatic rings. The maximum absolute atomic E-state index is 13.8. The number of fused-ring (bicyclic) bond motifs is 1. The summed E-state index contributed by atoms with van der Waals surface area (Å²) in [7, 11) is 3.16. The van der Waals surface area contributed by atoms with Crippen LogP contribution in [0.25, 0.3) is 5.69 Å². The third-order valence-corrected chi connectivity index (χ3v) is 8.02. The van der Waals surface area contributed by atoms with Crippen LogP contribution in [0.15, 0.2) is 82.1 Å². The second-order valence-electron chi connectivity index (χ2n) is 8.99. The molecule has 0 amide bonds. The third-order valence-electron chi connectivity index (χ3n) is 6.99. The van der Waals surface area contributed by atoms with Gasteiger partial charge in [0.25, 0.3) is 5.56 Å². The first-order chi connectivity index (χ1) is 17.6. The number of thiophene rings is 1. The number of para-hydroxylation sites is 1. The first-order valence-corrected chi connectivity index (χ1v) is 12.7. The number of allylic oxidation sites excluding steroid dienone is 2. The minimum Gasteiger partial charge on any atom is -0.493 e. The summed E-state index contributed by atoms with van der Waals surface area (Å²) in [5.74, 6) is 1.39. The number of aromatic nitrogens is 2. The Balaban J connectivity index is 1.54. The van der Waals surface area contributed by atoms with Crippen LogP contribution in [0.2, 0.25) is 0 Å². The van der Waals surface area contributed by atoms with Gasteiger partial charge in [-0.05, 0) is 47.7 Å². The summed E-state index contributed by atoms with van der Waals surface area (Å²) in [6, 6.07) is 19.1. The van der Waals surface area contributed by atoms with E-state index in [1.165, 1.54) is 9.56 Å². The standard InChI is InChI=1S/C28H25N3O4S/c1-34-21-11-10-16(15-22(21)35-2)24-25-19(13-17(14-20(25)32)23-9-6-12-36-23)29-27-26(24)28(33)31(30-27)18-7-4-3-5-8-18/h3-12,15,17,24,29-30H,13-14H2,1-2H3/t17-,24-/m1/s1. The van der Waals surface area contributed by atoms with Gasteiger partial charge in [0.1, 0.15) is 5.82 Å². The summed E-state index contributed by atoms with van der Waals surface area (Å²) >= 11 is 1.67. The third kappa shape index (κ3) is 3.56. The van der Waals surface area contributed by atoms with Gasteiger partial charge in [-0.25, -0.2) is 4.68 Å². The number of rotatable bonds is 5. The van der Waals surface area contributed by atoms with E-state index in [1.807, 2.05) is 60.0 Å². The van der Waals surface area contributed by atoms with E-state index in [1.54, 1.807) is 25.6 Å². The van der Waals surface area contributed by atoms with Gasteiger partial charge in [-0.15, -0.1) is 11.3 Å². The molecule has 0 radical (unpaired) electrons. The van der Waals surface area contributed by atoms with Crippen LogP contribution in [0.1, 0.15) is 40.7 Å². The second-order valence-corrected chi connectivity index (χ2v) is 9.96. The predicted molar refractivity (Wildman–Crippen MR) is 140 cm³/mol. The molecule has 2 aromatic heterocycles. The molecule has 36 heavy (non-hydrogen) atoms. The quantitative estimate of drug-likeness (QED) is 0.394. The first kappa shape index (κ1) is 22.4. The zero-order valence-electron chi connectivity index (χ0n) is 19.9. The molecular formula is C28H25N3O4S. The first-order valence-electron chi connectivity index (χ1n) is 11.8. The van der Waals surface area contributed by atoms with E-state index in [2.05, 4.69) is 16.5 Å². The Bertz CT molecular complexity index is 1530. The molecule has 4 aromatic rings. The predicted octanol–water partition coefficient (Wildman–Crippen LogP) is 5.20. The molecule has 6 rings (SSSR count). The summed E-state index contributed by atoms with van der Waals surface area (Å²) < 4.78 is 12.5. The fourth-order valence-corrected chi connectivity index (χ4v) is 6.17. The Hall–Kier alpha value is -4.04. The number of H-pyrrole nitrogens is 1. The summed E-state index contributed by atoms with van der Waals surface area (Å²) in [4.78, 5) is 28.7. The lowest BCUT2D eigenvalue weighted by Gasteiger charge is -2.34. The highest BCUT2D eigenvalue weighted by Gasteiger charge is 2.41. The molecule has 182 valence electrons. The number of anilines is 1. The fraction of sp³-hybridized carbons (Fsp3) is 0.214. The average Bonchev–Trinajstić information content (AvgIpc) is 3.56. The van der Waals surface area contributed by atoms with Gasteiger partial charge in [0.05, 0.1) is 25.5 Å². The number of benzene rings is 2. The zero-order chi connectivity index (χ0) is 24.8. The van der Waals surface area contributed by atoms with Crippen molar-refractivity contribution in [1.82, 2.24) is 9.78 Å². The molecule has 8 heteroatoms. The number of ketones is 1. The van der Waals surface area contributed by atoms with Crippen LogP contribution in [-0.4, -0.2) is 29.8 Å². The summed E-state index contributed by atoms with van der Waals surface area (Å²) in [6.45, 7) is 0. The molecule has 0 fully saturated rings. The van der Waals surface area contributed by atoms with Crippen LogP contribution in [0.5, 0.6) is 11.5 Å². The number of nitrogens with zero attached hydrogens (tertiary/aromatic N) is 1. The number of ether oxygens (including phenoxy) is 2. The SMILES string of the molecule is COc1ccc([C@@H]2C3=C(C[C@@H](c4cccs4)CC3=O)Nc3[nH]n(-c4ccccc4)c(=O)c32)cc1OC. The summed E-state index contributed by atoms with van der Waals surface area (Å²) in [6.07, 6.45) is 1.11. The van der Waals surface area contributed by atoms with Gasteiger partial charge in [0.15, 0.2) is 17.3 Å². The number of aromatic amines is 1. The van der Waals surface area contributed by atoms with Gasteiger partial charge in [0, 0.05) is 34.4 Å². The van der Waals surface area contributed by atoms with Gasteiger partial charge in [0.2, 0.25) is 0 Å². The lowest BCUT2D eigenvalue weighted by atomic mass is 9.74. The van der Waals surface area contributed by atoms with Crippen molar-refractivity contribution in [2.75, 3.05) is 19.5 Å². The molecule has 3 heterocycles. The Labute approximate surface area is 212 Å². The maximum atomic E-state index is 13.8. The van der Waals surface area contributed by atoms with E-state index in [-0.39, 0.29) is 17.3 Å². The van der Waals surface area contributed by atoms with Crippen molar-refractivity contribution in [3.8, 4) is 17.2 Å². The van der Waals surface area contributed by atoms with Crippen LogP contribution in [-0.2, 0) is 4.79 Å². The van der Waals surface area contributed by atoms with Gasteiger partial charge < -0.3 is 14.8 Å². The van der Waals surface area contributed by atoms with Gasteiger partial charge in [-0.1, -0.05) is 30.3 Å². The molecule has 0 unspecified atom stereocenters. The van der Waals surface area contributed by atoms with Crippen molar-refractivity contribution < 1.29 is 14.3 Å². The highest BCUT2D eigenvalue weighted by Crippen LogP contribution is 2.48. The van der Waals surface area contributed by atoms with E-state index in [0.29, 0.717) is 41.3 Å². The molecular weight excluding hydrogens is 474 g/mol. The normalized spacial score (nSPS) is 18.9. The smallest absolute Gasteiger partial charge is 0.277 e. The van der Waals surface area contributed by atoms with Gasteiger partial charge in [-0.3, -0.25) is 14.7 Å². The molecule has 2 aromatic carbocycles. The molecule has 0 saturated heterocycles. The molecule has 1 aliphatic carbocycles. The molecule has 0 spiro atoms. The van der Waals surface area contributed by atoms with Crippen LogP contribution in [0, 0.1) is 0 Å². The molecule has 0 bridgehead atoms. The van der Waals surface area contributed by atoms with Crippen molar-refractivity contribution in [3.63, 3.8) is 0 Å². The van der Waals surface area contributed by atoms with Crippen LogP contribution in [0.4, 0.5) is 5.82 Å². The average molecular weight is 500 g/mol. The van der Waals surface area contributed by atoms with Crippen molar-refractivity contribution in [1.29, 1.82) is 0 Å². The van der Waals surface area contributed by atoms with Crippen molar-refractivity contribution >= 4 is 22.9 Å². The topological polar surface area (TPSA) is 85.4 Å². The lowest BCUT2D eigenvalue weighted by Crippen LogP contribution is -2.31. The summed E-state index contributed by atoms with van der Waals surface area (Å²) in [5.41, 5.74) is 3.38. The van der Waals surface area contributed by atoms with Crippen LogP contribution < -0.4 is 20.3 Å². The van der Waals surface area contributed by atoms with E-state index < -0.39 is 5.92 Å². The van der Waals surface area contributed by atoms with Crippen molar-refractivity contribution in [3.05, 3.63) is 104 Å². The molecule has 7 nitrogen and oxygen atoms in total. The minimum atomic E-state index is -0.526. The number of carbonyl (C=O) groups is 1. The Morgan fingerprint density at radius 2 is 1.75 bits per heavy atom. The van der Waals surface area contributed by atoms with E-state index in [4.69, 9.17) is 9.47 Å². The number of hydrogen-bond donors (Lipinski definition) is 2. The highest BCUT2D eigenvalue weighted by atomic mass is 32.1. The Morgan fingerprint density at radius 3 is 2.47 bits per heavy atom. The van der Waals surface area contributed by atoms with Crippen molar-refractivity contribution in [2.24, 2.45) is 0 Å². The van der Waals surface area contributed by atoms with E-state index in [9.17, 15) is 9.59 Å². The monoisotopic (exact) mass is 499 g/mol. The molecule has 2 atom stereocenters. The summed E-state index contributed by atoms with van der Waals surface area (Å²) in [5, 5.41) is 8.74. The Kier molecular flexibility index (Phi) is 5.53. The van der Waals surface area contributed by atoms with Crippen LogP contribution >= 0.6 is 11.3 Å². The van der Waals surface area contributed by atoms with Gasteiger partial charge >= 0.3 is 0 Å². The Morgan fingerprint density at radius 1 is 0.944 bits per heavy atom. The molecule has 2 N–H and O–H groups in total. The number of methoxy groups -OCH3 is 2. The minimum absolute atomic E-state index is 0.0550. The van der Waals surface area contributed by atoms with Crippen molar-refractivity contribution in [2.45, 2.75) is 24.7 Å². The number of carbonyl (C=O) groups excluding carboxylic acids is 1. The number of hydrogen-bond acceptors (Lipinski definition) is 6. The van der Waals surface area contributed by atoms with E-state index >= 15 is 0 Å². The number of Topliss-reactive ketones (excluding diaryl/α,β-unsaturated/α-hetero) is 1. The largest absolute Gasteiger partial charge is 0.493 e. The highest BCUT2D eigenvalue weighted by molar-refractivity contribution is 7.10. The second kappa shape index (κ2) is 8.87. The fourth-order valence-electron chi connectivity index (χ4n) is 5.34. The maximum Gasteiger partial charge on any atom is 0.277 e. The molecule has 1 aliphatic heterocycles. The lowest BCUT2D eigenvalue weighted by molar-refractivity contribution is -0.116. The molecule has 0 saturated carbocycles. The van der Waals surface area contributed by atoms with Gasteiger partial charge in [-0.2, -0.15) is 0 Å². The zero-order valence-corrected chi connectivity index (χ0v) is 20.7. The number of nitrogens with one attached hydrogen (secondary N) is 2.